The first-order valence-electron chi connectivity index (χ1n) is 17.7. The summed E-state index contributed by atoms with van der Waals surface area (Å²) >= 11 is 0. The van der Waals surface area contributed by atoms with E-state index in [1.54, 1.807) is 79.4 Å². The van der Waals surface area contributed by atoms with E-state index in [4.69, 9.17) is 22.6 Å². The second-order valence-corrected chi connectivity index (χ2v) is 16.4. The van der Waals surface area contributed by atoms with Crippen molar-refractivity contribution in [1.29, 1.82) is 0 Å². The predicted octanol–water partition coefficient (Wildman–Crippen LogP) is 6.75. The van der Waals surface area contributed by atoms with Gasteiger partial charge in [-0.25, -0.2) is 4.79 Å². The van der Waals surface area contributed by atoms with Crippen molar-refractivity contribution in [2.75, 3.05) is 19.9 Å². The Balaban J connectivity index is 1.26. The Morgan fingerprint density at radius 3 is 1.89 bits per heavy atom. The van der Waals surface area contributed by atoms with Crippen LogP contribution in [-0.4, -0.2) is 58.5 Å². The quantitative estimate of drug-likeness (QED) is 0.0918. The van der Waals surface area contributed by atoms with E-state index in [1.165, 1.54) is 35.2 Å². The number of hydrogen-bond acceptors (Lipinski definition) is 11. The van der Waals surface area contributed by atoms with E-state index in [0.717, 1.165) is 29.2 Å². The summed E-state index contributed by atoms with van der Waals surface area (Å²) < 4.78 is 83.0. The van der Waals surface area contributed by atoms with Gasteiger partial charge in [-0.2, -0.15) is 16.8 Å². The van der Waals surface area contributed by atoms with Crippen molar-refractivity contribution >= 4 is 32.2 Å². The molecule has 2 aliphatic rings. The van der Waals surface area contributed by atoms with Crippen LogP contribution in [0.2, 0.25) is 0 Å². The number of ether oxygens (including phenoxy) is 3. The maximum Gasteiger partial charge on any atom is 0.412 e. The van der Waals surface area contributed by atoms with E-state index in [2.05, 4.69) is 0 Å². The molecule has 0 N–H and O–H groups in total. The average molecular weight is 799 g/mol. The van der Waals surface area contributed by atoms with Gasteiger partial charge in [-0.15, -0.1) is 0 Å². The fourth-order valence-corrected chi connectivity index (χ4v) is 7.90. The van der Waals surface area contributed by atoms with Crippen LogP contribution in [0.4, 0.5) is 4.79 Å². The Hall–Kier alpha value is -6.06. The largest absolute Gasteiger partial charge is 0.488 e. The molecule has 15 heteroatoms. The van der Waals surface area contributed by atoms with Gasteiger partial charge < -0.3 is 32.4 Å². The van der Waals surface area contributed by atoms with Crippen molar-refractivity contribution in [3.8, 4) is 23.0 Å². The summed E-state index contributed by atoms with van der Waals surface area (Å²) in [6.45, 7) is 4.58. The molecule has 2 amide bonds. The molecule has 1 fully saturated rings. The number of carbonyl (C=O) groups is 2. The van der Waals surface area contributed by atoms with E-state index in [9.17, 15) is 26.4 Å². The van der Waals surface area contributed by atoms with Crippen molar-refractivity contribution in [1.82, 2.24) is 9.80 Å². The van der Waals surface area contributed by atoms with Crippen LogP contribution in [0.3, 0.4) is 0 Å². The minimum atomic E-state index is -4.59. The third-order valence-corrected chi connectivity index (χ3v) is 11.8. The van der Waals surface area contributed by atoms with Crippen LogP contribution in [-0.2, 0) is 44.7 Å². The molecule has 0 atom stereocenters. The number of nitrogens with zero attached hydrogens (tertiary/aromatic N) is 2. The third-order valence-electron chi connectivity index (χ3n) is 9.25. The van der Waals surface area contributed by atoms with Crippen LogP contribution in [0.5, 0.6) is 23.0 Å². The van der Waals surface area contributed by atoms with Crippen LogP contribution in [0, 0.1) is 13.8 Å². The van der Waals surface area contributed by atoms with Crippen LogP contribution < -0.4 is 17.8 Å². The summed E-state index contributed by atoms with van der Waals surface area (Å²) in [6, 6.07) is 28.4. The van der Waals surface area contributed by atoms with Gasteiger partial charge in [0.25, 0.3) is 5.91 Å². The molecule has 13 nitrogen and oxygen atoms in total. The molecular weight excluding hydrogens is 761 g/mol. The molecule has 0 unspecified atom stereocenters. The minimum absolute atomic E-state index is 0.0345. The topological polar surface area (TPSA) is 155 Å². The summed E-state index contributed by atoms with van der Waals surface area (Å²) in [6.07, 6.45) is 0.439. The second kappa shape index (κ2) is 16.0. The molecule has 2 heterocycles. The Bertz CT molecular complexity index is 2470. The zero-order valence-corrected chi connectivity index (χ0v) is 32.2. The first kappa shape index (κ1) is 38.2. The molecule has 56 heavy (non-hydrogen) atoms. The number of hydrogen-bond donors (Lipinski definition) is 0. The van der Waals surface area contributed by atoms with Gasteiger partial charge in [0.2, 0.25) is 6.79 Å². The van der Waals surface area contributed by atoms with E-state index in [0.29, 0.717) is 30.0 Å². The van der Waals surface area contributed by atoms with Crippen LogP contribution >= 0.6 is 0 Å². The van der Waals surface area contributed by atoms with Gasteiger partial charge in [0.15, 0.2) is 5.75 Å². The van der Waals surface area contributed by atoms with Gasteiger partial charge in [-0.3, -0.25) is 4.79 Å². The minimum Gasteiger partial charge on any atom is -0.488 e. The van der Waals surface area contributed by atoms with Crippen molar-refractivity contribution in [3.05, 3.63) is 143 Å². The maximum absolute atomic E-state index is 14.7. The maximum atomic E-state index is 14.7. The van der Waals surface area contributed by atoms with Crippen LogP contribution in [0.15, 0.2) is 119 Å². The van der Waals surface area contributed by atoms with Gasteiger partial charge in [0.1, 0.15) is 39.2 Å². The Morgan fingerprint density at radius 1 is 0.643 bits per heavy atom. The molecule has 0 bridgehead atoms. The van der Waals surface area contributed by atoms with Gasteiger partial charge in [-0.1, -0.05) is 77.9 Å². The first-order chi connectivity index (χ1) is 26.9. The molecule has 0 aromatic heterocycles. The first-order valence-corrected chi connectivity index (χ1v) is 20.5. The molecule has 0 radical (unpaired) electrons. The van der Waals surface area contributed by atoms with E-state index in [-0.39, 0.29) is 53.3 Å². The lowest BCUT2D eigenvalue weighted by molar-refractivity contribution is 0.0231. The SMILES string of the molecule is Cc1ccc(S(=O)(=O)Oc2cc(OCc3ccccc3)c(C(=O)N3Cc4cccc(OCOC(=O)N5CCC5)c4C3)c(OS(=O)(=O)c3ccc(C)cc3)c2)cc1. The smallest absolute Gasteiger partial charge is 0.412 e. The molecule has 2 aliphatic heterocycles. The summed E-state index contributed by atoms with van der Waals surface area (Å²) in [4.78, 5) is 29.6. The molecule has 0 saturated carbocycles. The van der Waals surface area contributed by atoms with Crippen molar-refractivity contribution in [2.45, 2.75) is 49.8 Å². The van der Waals surface area contributed by atoms with E-state index >= 15 is 0 Å². The van der Waals surface area contributed by atoms with Gasteiger partial charge >= 0.3 is 26.3 Å². The Kier molecular flexibility index (Phi) is 10.9. The molecule has 5 aromatic rings. The lowest BCUT2D eigenvalue weighted by Crippen LogP contribution is -2.42. The summed E-state index contributed by atoms with van der Waals surface area (Å²) in [5, 5.41) is 0. The molecule has 0 aliphatic carbocycles. The van der Waals surface area contributed by atoms with Gasteiger partial charge in [0, 0.05) is 37.3 Å². The fourth-order valence-electron chi connectivity index (χ4n) is 6.05. The van der Waals surface area contributed by atoms with Crippen molar-refractivity contribution < 1.29 is 49.0 Å². The van der Waals surface area contributed by atoms with Gasteiger partial charge in [0.05, 0.1) is 6.54 Å². The van der Waals surface area contributed by atoms with Crippen LogP contribution in [0.1, 0.15) is 44.6 Å². The molecular formula is C41H38N2O11S2. The van der Waals surface area contributed by atoms with Crippen molar-refractivity contribution in [3.63, 3.8) is 0 Å². The number of likely N-dealkylation sites (tertiary alicyclic amines) is 1. The fraction of sp³-hybridized carbons (Fsp3) is 0.220. The number of aryl methyl sites for hydroxylation is 2. The number of benzene rings is 5. The summed E-state index contributed by atoms with van der Waals surface area (Å²) in [7, 11) is -9.03. The number of rotatable bonds is 13. The van der Waals surface area contributed by atoms with Crippen molar-refractivity contribution in [2.24, 2.45) is 0 Å². The molecule has 5 aromatic carbocycles. The zero-order valence-electron chi connectivity index (χ0n) is 30.5. The number of amides is 2. The molecule has 0 spiro atoms. The zero-order chi connectivity index (χ0) is 39.5. The highest BCUT2D eigenvalue weighted by Gasteiger charge is 2.34. The highest BCUT2D eigenvalue weighted by molar-refractivity contribution is 7.87. The third kappa shape index (κ3) is 8.58. The normalized spacial score (nSPS) is 13.7. The number of carbonyl (C=O) groups excluding carboxylic acids is 2. The van der Waals surface area contributed by atoms with E-state index in [1.807, 2.05) is 12.1 Å². The predicted molar refractivity (Wildman–Crippen MR) is 203 cm³/mol. The molecule has 290 valence electrons. The average Bonchev–Trinajstić information content (AvgIpc) is 3.59. The standard InChI is InChI=1S/C41H38N2O11S2/c1-28-12-16-33(17-13-28)55(46,47)53-32-22-37(50-26-30-8-4-3-5-9-30)39(38(23-32)54-56(48,49)34-18-14-29(2)15-19-34)40(44)43-24-31-10-6-11-36(35(31)25-43)51-27-52-41(45)42-20-7-21-42/h3-6,8-19,22-23H,7,20-21,24-27H2,1-2H3. The molecule has 7 rings (SSSR count). The summed E-state index contributed by atoms with van der Waals surface area (Å²) in [5.41, 5.74) is 3.47. The summed E-state index contributed by atoms with van der Waals surface area (Å²) in [5.74, 6) is -1.33. The molecule has 1 saturated heterocycles. The monoisotopic (exact) mass is 798 g/mol. The highest BCUT2D eigenvalue weighted by Crippen LogP contribution is 2.41. The Morgan fingerprint density at radius 2 is 1.27 bits per heavy atom. The highest BCUT2D eigenvalue weighted by atomic mass is 32.2. The van der Waals surface area contributed by atoms with Crippen LogP contribution in [0.25, 0.3) is 0 Å². The Labute approximate surface area is 325 Å². The van der Waals surface area contributed by atoms with E-state index < -0.39 is 38.0 Å². The van der Waals surface area contributed by atoms with Gasteiger partial charge in [-0.05, 0) is 61.7 Å². The lowest BCUT2D eigenvalue weighted by atomic mass is 10.1. The second-order valence-electron chi connectivity index (χ2n) is 13.3. The lowest BCUT2D eigenvalue weighted by Gasteiger charge is -2.29. The number of fused-ring (bicyclic) bond motifs is 1.